The van der Waals surface area contributed by atoms with Crippen molar-refractivity contribution in [1.82, 2.24) is 15.2 Å². The van der Waals surface area contributed by atoms with Crippen molar-refractivity contribution in [3.8, 4) is 0 Å². The number of benzene rings is 1. The molecule has 26 heavy (non-hydrogen) atoms. The lowest BCUT2D eigenvalue weighted by Gasteiger charge is -2.22. The highest BCUT2D eigenvalue weighted by atomic mass is 35.5. The van der Waals surface area contributed by atoms with E-state index in [0.717, 1.165) is 36.2 Å². The minimum Gasteiger partial charge on any atom is -0.378 e. The molecule has 0 radical (unpaired) electrons. The lowest BCUT2D eigenvalue weighted by atomic mass is 9.98. The van der Waals surface area contributed by atoms with Gasteiger partial charge in [0.25, 0.3) is 0 Å². The number of likely N-dealkylation sites (N-methyl/N-ethyl adjacent to an activating group) is 1. The van der Waals surface area contributed by atoms with Gasteiger partial charge in [0.1, 0.15) is 23.3 Å². The molecule has 1 saturated heterocycles. The molecule has 0 aliphatic carbocycles. The van der Waals surface area contributed by atoms with Crippen molar-refractivity contribution in [3.63, 3.8) is 0 Å². The Morgan fingerprint density at radius 1 is 1.35 bits per heavy atom. The van der Waals surface area contributed by atoms with Gasteiger partial charge >= 0.3 is 0 Å². The Bertz CT molecular complexity index is 850. The van der Waals surface area contributed by atoms with Crippen LogP contribution in [0.3, 0.4) is 0 Å². The summed E-state index contributed by atoms with van der Waals surface area (Å²) in [7, 11) is 2.16. The number of hydrogen-bond donors (Lipinski definition) is 2. The van der Waals surface area contributed by atoms with Crippen LogP contribution in [0.15, 0.2) is 36.5 Å². The lowest BCUT2D eigenvalue weighted by Crippen LogP contribution is -2.22. The number of halogens is 1. The number of likely N-dealkylation sites (tertiary alicyclic amines) is 1. The number of aldehydes is 1. The molecular weight excluding hydrogens is 348 g/mol. The first-order valence-electron chi connectivity index (χ1n) is 8.78. The summed E-state index contributed by atoms with van der Waals surface area (Å²) in [6, 6.07) is 9.79. The third-order valence-electron chi connectivity index (χ3n) is 5.08. The Morgan fingerprint density at radius 2 is 2.15 bits per heavy atom. The van der Waals surface area contributed by atoms with E-state index in [4.69, 9.17) is 11.6 Å². The number of rotatable bonds is 4. The molecule has 2 aromatic rings. The highest BCUT2D eigenvalue weighted by molar-refractivity contribution is 6.29. The van der Waals surface area contributed by atoms with Crippen molar-refractivity contribution in [2.45, 2.75) is 18.4 Å². The van der Waals surface area contributed by atoms with Crippen molar-refractivity contribution in [2.75, 3.05) is 25.5 Å². The van der Waals surface area contributed by atoms with Gasteiger partial charge in [0.05, 0.1) is 0 Å². The number of pyridine rings is 1. The molecular formula is C20H21ClN4O. The van der Waals surface area contributed by atoms with Gasteiger partial charge in [-0.3, -0.25) is 0 Å². The molecule has 1 aromatic heterocycles. The molecule has 6 heteroatoms. The Balaban J connectivity index is 1.60. The number of carbonyl (C=O) groups excluding carboxylic acids is 1. The summed E-state index contributed by atoms with van der Waals surface area (Å²) in [6.45, 7) is 2.26. The average molecular weight is 369 g/mol. The molecule has 2 N–H and O–H groups in total. The van der Waals surface area contributed by atoms with Crippen molar-refractivity contribution in [3.05, 3.63) is 58.4 Å². The van der Waals surface area contributed by atoms with Crippen LogP contribution in [0.2, 0.25) is 5.15 Å². The van der Waals surface area contributed by atoms with Crippen molar-refractivity contribution < 1.29 is 4.79 Å². The van der Waals surface area contributed by atoms with Gasteiger partial charge in [0.15, 0.2) is 0 Å². The maximum Gasteiger partial charge on any atom is 0.146 e. The zero-order valence-electron chi connectivity index (χ0n) is 14.6. The van der Waals surface area contributed by atoms with Crippen LogP contribution in [0.1, 0.15) is 35.1 Å². The zero-order valence-corrected chi connectivity index (χ0v) is 15.3. The molecule has 2 aliphatic rings. The van der Waals surface area contributed by atoms with E-state index in [1.807, 2.05) is 6.08 Å². The molecule has 2 atom stereocenters. The molecule has 2 unspecified atom stereocenters. The summed E-state index contributed by atoms with van der Waals surface area (Å²) < 4.78 is 0. The first-order valence-corrected chi connectivity index (χ1v) is 9.15. The first-order chi connectivity index (χ1) is 12.6. The molecule has 3 heterocycles. The Hall–Kier alpha value is -2.37. The van der Waals surface area contributed by atoms with Crippen LogP contribution in [0, 0.1) is 0 Å². The summed E-state index contributed by atoms with van der Waals surface area (Å²) in [6.07, 6.45) is 5.73. The van der Waals surface area contributed by atoms with Gasteiger partial charge in [-0.25, -0.2) is 4.98 Å². The van der Waals surface area contributed by atoms with Gasteiger partial charge in [-0.15, -0.1) is 0 Å². The fraction of sp³-hybridized carbons (Fsp3) is 0.300. The molecule has 0 saturated carbocycles. The number of hydrogen-bond acceptors (Lipinski definition) is 5. The minimum atomic E-state index is -0.435. The number of fused-ring (bicyclic) bond motifs is 1. The largest absolute Gasteiger partial charge is 0.378 e. The molecule has 0 bridgehead atoms. The minimum absolute atomic E-state index is 0.396. The number of anilines is 2. The second-order valence-electron chi connectivity index (χ2n) is 6.91. The fourth-order valence-corrected chi connectivity index (χ4v) is 3.92. The van der Waals surface area contributed by atoms with E-state index in [0.29, 0.717) is 16.9 Å². The molecule has 5 nitrogen and oxygen atoms in total. The Labute approximate surface area is 158 Å². The molecule has 4 rings (SSSR count). The number of aromatic nitrogens is 1. The van der Waals surface area contributed by atoms with E-state index in [2.05, 4.69) is 51.8 Å². The smallest absolute Gasteiger partial charge is 0.146 e. The van der Waals surface area contributed by atoms with Crippen molar-refractivity contribution in [1.29, 1.82) is 0 Å². The summed E-state index contributed by atoms with van der Waals surface area (Å²) >= 11 is 6.17. The third-order valence-corrected chi connectivity index (χ3v) is 5.27. The molecule has 134 valence electrons. The van der Waals surface area contributed by atoms with Gasteiger partial charge in [0, 0.05) is 17.8 Å². The summed E-state index contributed by atoms with van der Waals surface area (Å²) in [5, 5.41) is 6.77. The second kappa shape index (κ2) is 7.09. The number of nitrogens with zero attached hydrogens (tertiary/aromatic N) is 2. The predicted octanol–water partition coefficient (Wildman–Crippen LogP) is 3.71. The highest BCUT2D eigenvalue weighted by Gasteiger charge is 2.23. The summed E-state index contributed by atoms with van der Waals surface area (Å²) in [5.74, 6) is 1.20. The highest BCUT2D eigenvalue weighted by Crippen LogP contribution is 2.33. The monoisotopic (exact) mass is 368 g/mol. The van der Waals surface area contributed by atoms with Crippen LogP contribution in [0.4, 0.5) is 11.5 Å². The van der Waals surface area contributed by atoms with Gasteiger partial charge in [0.2, 0.25) is 0 Å². The quantitative estimate of drug-likeness (QED) is 0.636. The van der Waals surface area contributed by atoms with Crippen molar-refractivity contribution >= 4 is 35.5 Å². The fourth-order valence-electron chi connectivity index (χ4n) is 3.72. The van der Waals surface area contributed by atoms with E-state index < -0.39 is 6.04 Å². The third kappa shape index (κ3) is 3.32. The van der Waals surface area contributed by atoms with Crippen LogP contribution >= 0.6 is 11.6 Å². The molecule has 0 spiro atoms. The normalized spacial score (nSPS) is 21.9. The van der Waals surface area contributed by atoms with Crippen LogP contribution in [0.5, 0.6) is 0 Å². The molecule has 1 aromatic carbocycles. The molecule has 0 amide bonds. The van der Waals surface area contributed by atoms with Crippen LogP contribution in [-0.2, 0) is 4.79 Å². The van der Waals surface area contributed by atoms with Gasteiger partial charge in [-0.1, -0.05) is 23.7 Å². The van der Waals surface area contributed by atoms with Crippen LogP contribution in [-0.4, -0.2) is 36.3 Å². The van der Waals surface area contributed by atoms with Gasteiger partial charge < -0.3 is 20.3 Å². The predicted molar refractivity (Wildman–Crippen MR) is 105 cm³/mol. The van der Waals surface area contributed by atoms with Crippen LogP contribution < -0.4 is 10.6 Å². The van der Waals surface area contributed by atoms with Crippen LogP contribution in [0.25, 0.3) is 6.08 Å². The Morgan fingerprint density at radius 3 is 2.85 bits per heavy atom. The van der Waals surface area contributed by atoms with E-state index in [1.165, 1.54) is 12.0 Å². The van der Waals surface area contributed by atoms with E-state index in [-0.39, 0.29) is 0 Å². The number of nitrogens with one attached hydrogen (secondary N) is 2. The SMILES string of the molecule is CN1CCC(c2ccc(Nc3nc(Cl)cc4c3C(C=O)NC=C4)cc2)C1. The maximum absolute atomic E-state index is 11.4. The van der Waals surface area contributed by atoms with E-state index in [9.17, 15) is 4.79 Å². The Kier molecular flexibility index (Phi) is 4.66. The van der Waals surface area contributed by atoms with E-state index >= 15 is 0 Å². The second-order valence-corrected chi connectivity index (χ2v) is 7.29. The van der Waals surface area contributed by atoms with Crippen molar-refractivity contribution in [2.24, 2.45) is 0 Å². The number of carbonyl (C=O) groups is 1. The molecule has 2 aliphatic heterocycles. The first kappa shape index (κ1) is 17.1. The standard InChI is InChI=1S/C20H21ClN4O/c1-25-9-7-15(11-25)13-2-4-16(5-3-13)23-20-19-14(10-18(21)24-20)6-8-22-17(19)12-26/h2-6,8,10,12,15,17,22H,7,9,11H2,1H3,(H,23,24). The zero-order chi connectivity index (χ0) is 18.1. The summed E-state index contributed by atoms with van der Waals surface area (Å²) in [5.41, 5.74) is 4.00. The maximum atomic E-state index is 11.4. The van der Waals surface area contributed by atoms with E-state index in [1.54, 1.807) is 12.3 Å². The molecule has 1 fully saturated rings. The summed E-state index contributed by atoms with van der Waals surface area (Å²) in [4.78, 5) is 18.2. The average Bonchev–Trinajstić information content (AvgIpc) is 3.08. The lowest BCUT2D eigenvalue weighted by molar-refractivity contribution is -0.109. The van der Waals surface area contributed by atoms with Gasteiger partial charge in [-0.2, -0.15) is 0 Å². The van der Waals surface area contributed by atoms with Gasteiger partial charge in [-0.05, 0) is 67.5 Å². The topological polar surface area (TPSA) is 57.3 Å².